The van der Waals surface area contributed by atoms with E-state index in [1.807, 2.05) is 0 Å². The highest BCUT2D eigenvalue weighted by Crippen LogP contribution is 2.25. The first-order valence-electron chi connectivity index (χ1n) is 4.72. The molecule has 0 amide bonds. The quantitative estimate of drug-likeness (QED) is 0.896. The Morgan fingerprint density at radius 1 is 1.47 bits per heavy atom. The monoisotopic (exact) mass is 254 g/mol. The second kappa shape index (κ2) is 4.18. The number of aryl methyl sites for hydroxylation is 1. The predicted octanol–water partition coefficient (Wildman–Crippen LogP) is 2.58. The zero-order valence-corrected chi connectivity index (χ0v) is 9.57. The largest absolute Gasteiger partial charge is 0.476 e. The lowest BCUT2D eigenvalue weighted by molar-refractivity contribution is 0.0689. The maximum atomic E-state index is 13.7. The molecule has 88 valence electrons. The number of carboxylic acids is 1. The van der Waals surface area contributed by atoms with Gasteiger partial charge in [-0.1, -0.05) is 11.6 Å². The van der Waals surface area contributed by atoms with Gasteiger partial charge in [-0.2, -0.15) is 5.10 Å². The van der Waals surface area contributed by atoms with E-state index in [0.717, 1.165) is 0 Å². The Morgan fingerprint density at radius 2 is 2.18 bits per heavy atom. The molecule has 0 fully saturated rings. The molecule has 0 aliphatic heterocycles. The zero-order chi connectivity index (χ0) is 12.6. The minimum atomic E-state index is -1.15. The Hall–Kier alpha value is -1.88. The van der Waals surface area contributed by atoms with Gasteiger partial charge in [-0.25, -0.2) is 9.18 Å². The molecule has 17 heavy (non-hydrogen) atoms. The van der Waals surface area contributed by atoms with E-state index in [2.05, 4.69) is 5.10 Å². The van der Waals surface area contributed by atoms with E-state index in [1.54, 1.807) is 7.05 Å². The summed E-state index contributed by atoms with van der Waals surface area (Å²) in [4.78, 5) is 10.7. The summed E-state index contributed by atoms with van der Waals surface area (Å²) >= 11 is 5.64. The molecule has 0 aliphatic carbocycles. The lowest BCUT2D eigenvalue weighted by Gasteiger charge is -2.03. The summed E-state index contributed by atoms with van der Waals surface area (Å²) in [6.45, 7) is 0. The minimum absolute atomic E-state index is 0.128. The van der Waals surface area contributed by atoms with E-state index in [1.165, 1.54) is 28.9 Å². The molecule has 6 heteroatoms. The van der Waals surface area contributed by atoms with Gasteiger partial charge in [0.15, 0.2) is 5.69 Å². The van der Waals surface area contributed by atoms with Crippen LogP contribution >= 0.6 is 11.6 Å². The smallest absolute Gasteiger partial charge is 0.356 e. The standard InChI is InChI=1S/C11H8ClFN2O2/c1-15-10(5-9(14-15)11(16)17)7-3-2-6(12)4-8(7)13/h2-5H,1H3,(H,16,17). The molecule has 0 atom stereocenters. The molecule has 2 aromatic rings. The van der Waals surface area contributed by atoms with Gasteiger partial charge in [-0.15, -0.1) is 0 Å². The van der Waals surface area contributed by atoms with E-state index in [-0.39, 0.29) is 16.3 Å². The second-order valence-electron chi connectivity index (χ2n) is 3.47. The number of hydrogen-bond donors (Lipinski definition) is 1. The van der Waals surface area contributed by atoms with Gasteiger partial charge >= 0.3 is 5.97 Å². The van der Waals surface area contributed by atoms with Crippen LogP contribution in [0.4, 0.5) is 4.39 Å². The molecule has 1 N–H and O–H groups in total. The molecule has 1 aromatic carbocycles. The van der Waals surface area contributed by atoms with Crippen molar-refractivity contribution in [3.8, 4) is 11.3 Å². The molecule has 0 aliphatic rings. The fraction of sp³-hybridized carbons (Fsp3) is 0.0909. The van der Waals surface area contributed by atoms with Crippen LogP contribution in [0.25, 0.3) is 11.3 Å². The van der Waals surface area contributed by atoms with Gasteiger partial charge in [-0.3, -0.25) is 4.68 Å². The molecular weight excluding hydrogens is 247 g/mol. The van der Waals surface area contributed by atoms with E-state index < -0.39 is 11.8 Å². The predicted molar refractivity (Wildman–Crippen MR) is 60.6 cm³/mol. The second-order valence-corrected chi connectivity index (χ2v) is 3.90. The van der Waals surface area contributed by atoms with Crippen molar-refractivity contribution >= 4 is 17.6 Å². The molecule has 1 aromatic heterocycles. The van der Waals surface area contributed by atoms with Crippen molar-refractivity contribution in [1.82, 2.24) is 9.78 Å². The number of carboxylic acid groups (broad SMARTS) is 1. The maximum absolute atomic E-state index is 13.7. The summed E-state index contributed by atoms with van der Waals surface area (Å²) in [5.74, 6) is -1.67. The Balaban J connectivity index is 2.56. The summed E-state index contributed by atoms with van der Waals surface area (Å²) < 4.78 is 15.0. The van der Waals surface area contributed by atoms with Crippen molar-refractivity contribution < 1.29 is 14.3 Å². The van der Waals surface area contributed by atoms with E-state index in [4.69, 9.17) is 16.7 Å². The van der Waals surface area contributed by atoms with Crippen LogP contribution in [0.3, 0.4) is 0 Å². The van der Waals surface area contributed by atoms with Gasteiger partial charge in [0.1, 0.15) is 5.82 Å². The van der Waals surface area contributed by atoms with Gasteiger partial charge in [0.2, 0.25) is 0 Å². The van der Waals surface area contributed by atoms with Crippen molar-refractivity contribution in [1.29, 1.82) is 0 Å². The molecule has 2 rings (SSSR count). The molecular formula is C11H8ClFN2O2. The Bertz CT molecular complexity index is 595. The summed E-state index contributed by atoms with van der Waals surface area (Å²) in [5.41, 5.74) is 0.519. The number of aromatic nitrogens is 2. The summed E-state index contributed by atoms with van der Waals surface area (Å²) in [6, 6.07) is 5.51. The van der Waals surface area contributed by atoms with E-state index in [9.17, 15) is 9.18 Å². The van der Waals surface area contributed by atoms with Crippen LogP contribution in [-0.4, -0.2) is 20.9 Å². The third-order valence-electron chi connectivity index (χ3n) is 2.31. The van der Waals surface area contributed by atoms with Gasteiger partial charge in [0.25, 0.3) is 0 Å². The number of hydrogen-bond acceptors (Lipinski definition) is 2. The van der Waals surface area contributed by atoms with Crippen molar-refractivity contribution in [3.05, 3.63) is 40.8 Å². The Morgan fingerprint density at radius 3 is 2.71 bits per heavy atom. The van der Waals surface area contributed by atoms with Crippen molar-refractivity contribution in [2.24, 2.45) is 7.05 Å². The van der Waals surface area contributed by atoms with Crippen molar-refractivity contribution in [3.63, 3.8) is 0 Å². The minimum Gasteiger partial charge on any atom is -0.476 e. The molecule has 0 bridgehead atoms. The van der Waals surface area contributed by atoms with Gasteiger partial charge in [0, 0.05) is 17.6 Å². The van der Waals surface area contributed by atoms with Crippen LogP contribution in [0.2, 0.25) is 5.02 Å². The van der Waals surface area contributed by atoms with E-state index in [0.29, 0.717) is 5.69 Å². The first-order chi connectivity index (χ1) is 7.99. The molecule has 1 heterocycles. The number of nitrogens with zero attached hydrogens (tertiary/aromatic N) is 2. The van der Waals surface area contributed by atoms with Crippen LogP contribution in [0.5, 0.6) is 0 Å². The highest BCUT2D eigenvalue weighted by molar-refractivity contribution is 6.30. The third kappa shape index (κ3) is 2.14. The topological polar surface area (TPSA) is 55.1 Å². The van der Waals surface area contributed by atoms with Crippen LogP contribution in [0.1, 0.15) is 10.5 Å². The third-order valence-corrected chi connectivity index (χ3v) is 2.54. The highest BCUT2D eigenvalue weighted by atomic mass is 35.5. The number of aromatic carboxylic acids is 1. The Labute approximate surface area is 101 Å². The summed E-state index contributed by atoms with van der Waals surface area (Å²) in [6.07, 6.45) is 0. The van der Waals surface area contributed by atoms with Crippen molar-refractivity contribution in [2.45, 2.75) is 0 Å². The fourth-order valence-electron chi connectivity index (χ4n) is 1.52. The first-order valence-corrected chi connectivity index (χ1v) is 5.09. The molecule has 4 nitrogen and oxygen atoms in total. The average molecular weight is 255 g/mol. The molecule has 0 saturated carbocycles. The normalized spacial score (nSPS) is 10.5. The average Bonchev–Trinajstić information content (AvgIpc) is 2.61. The van der Waals surface area contributed by atoms with Gasteiger partial charge in [0.05, 0.1) is 5.69 Å². The van der Waals surface area contributed by atoms with Crippen LogP contribution in [0, 0.1) is 5.82 Å². The maximum Gasteiger partial charge on any atom is 0.356 e. The number of halogens is 2. The van der Waals surface area contributed by atoms with Gasteiger partial charge in [-0.05, 0) is 24.3 Å². The lowest BCUT2D eigenvalue weighted by atomic mass is 10.1. The van der Waals surface area contributed by atoms with Crippen LogP contribution in [0.15, 0.2) is 24.3 Å². The number of rotatable bonds is 2. The Kier molecular flexibility index (Phi) is 2.85. The van der Waals surface area contributed by atoms with Crippen molar-refractivity contribution in [2.75, 3.05) is 0 Å². The number of benzene rings is 1. The molecule has 0 saturated heterocycles. The summed E-state index contributed by atoms with van der Waals surface area (Å²) in [5, 5.41) is 12.8. The van der Waals surface area contributed by atoms with Gasteiger partial charge < -0.3 is 5.11 Å². The number of carbonyl (C=O) groups is 1. The van der Waals surface area contributed by atoms with E-state index >= 15 is 0 Å². The molecule has 0 radical (unpaired) electrons. The zero-order valence-electron chi connectivity index (χ0n) is 8.82. The SMILES string of the molecule is Cn1nc(C(=O)O)cc1-c1ccc(Cl)cc1F. The van der Waals surface area contributed by atoms with Crippen LogP contribution < -0.4 is 0 Å². The first kappa shape index (κ1) is 11.6. The summed E-state index contributed by atoms with van der Waals surface area (Å²) in [7, 11) is 1.55. The fourth-order valence-corrected chi connectivity index (χ4v) is 1.68. The highest BCUT2D eigenvalue weighted by Gasteiger charge is 2.15. The molecule has 0 spiro atoms. The lowest BCUT2D eigenvalue weighted by Crippen LogP contribution is -1.99. The molecule has 0 unspecified atom stereocenters. The van der Waals surface area contributed by atoms with Crippen LogP contribution in [-0.2, 0) is 7.05 Å².